The van der Waals surface area contributed by atoms with E-state index in [1.165, 1.54) is 0 Å². The Labute approximate surface area is 109 Å². The molecule has 0 bridgehead atoms. The number of nitrogens with zero attached hydrogens (tertiary/aromatic N) is 2. The van der Waals surface area contributed by atoms with Gasteiger partial charge in [-0.15, -0.1) is 0 Å². The van der Waals surface area contributed by atoms with Crippen LogP contribution >= 0.6 is 15.9 Å². The zero-order chi connectivity index (χ0) is 12.4. The molecule has 92 valence electrons. The number of pyridine rings is 1. The van der Waals surface area contributed by atoms with Gasteiger partial charge in [-0.05, 0) is 34.8 Å². The molecule has 3 N–H and O–H groups in total. The highest BCUT2D eigenvalue weighted by Crippen LogP contribution is 2.23. The summed E-state index contributed by atoms with van der Waals surface area (Å²) < 4.78 is 0.828. The Hall–Kier alpha value is -1.30. The SMILES string of the molecule is CN(CC(=O)NC1CC1)c1ncc(Br)cc1N. The molecule has 0 atom stereocenters. The van der Waals surface area contributed by atoms with E-state index in [0.29, 0.717) is 17.5 Å². The predicted octanol–water partition coefficient (Wildman–Crippen LogP) is 1.14. The number of amides is 1. The third-order valence-electron chi connectivity index (χ3n) is 2.55. The summed E-state index contributed by atoms with van der Waals surface area (Å²) in [5, 5.41) is 2.93. The maximum Gasteiger partial charge on any atom is 0.239 e. The Balaban J connectivity index is 1.97. The van der Waals surface area contributed by atoms with Crippen molar-refractivity contribution in [2.75, 3.05) is 24.2 Å². The summed E-state index contributed by atoms with van der Waals surface area (Å²) in [6.45, 7) is 0.273. The van der Waals surface area contributed by atoms with Gasteiger partial charge < -0.3 is 16.0 Å². The molecule has 1 amide bonds. The van der Waals surface area contributed by atoms with E-state index in [4.69, 9.17) is 5.73 Å². The van der Waals surface area contributed by atoms with E-state index in [1.54, 1.807) is 24.2 Å². The van der Waals surface area contributed by atoms with E-state index in [-0.39, 0.29) is 12.5 Å². The van der Waals surface area contributed by atoms with Crippen LogP contribution in [-0.4, -0.2) is 30.5 Å². The first-order valence-electron chi connectivity index (χ1n) is 5.48. The molecule has 1 saturated carbocycles. The largest absolute Gasteiger partial charge is 0.396 e. The fourth-order valence-corrected chi connectivity index (χ4v) is 1.91. The average Bonchev–Trinajstić information content (AvgIpc) is 3.00. The van der Waals surface area contributed by atoms with Gasteiger partial charge in [-0.1, -0.05) is 0 Å². The average molecular weight is 299 g/mol. The van der Waals surface area contributed by atoms with Gasteiger partial charge in [0, 0.05) is 23.8 Å². The number of halogens is 1. The molecule has 0 spiro atoms. The molecule has 1 aliphatic rings. The van der Waals surface area contributed by atoms with Crippen LogP contribution in [0.1, 0.15) is 12.8 Å². The maximum absolute atomic E-state index is 11.6. The fourth-order valence-electron chi connectivity index (χ4n) is 1.56. The number of likely N-dealkylation sites (N-methyl/N-ethyl adjacent to an activating group) is 1. The summed E-state index contributed by atoms with van der Waals surface area (Å²) in [5.74, 6) is 0.637. The summed E-state index contributed by atoms with van der Waals surface area (Å²) in [7, 11) is 1.80. The van der Waals surface area contributed by atoms with Crippen molar-refractivity contribution < 1.29 is 4.79 Å². The summed E-state index contributed by atoms with van der Waals surface area (Å²) >= 11 is 3.30. The molecule has 6 heteroatoms. The first-order valence-corrected chi connectivity index (χ1v) is 6.27. The second-order valence-electron chi connectivity index (χ2n) is 4.26. The van der Waals surface area contributed by atoms with E-state index in [1.807, 2.05) is 0 Å². The molecule has 1 heterocycles. The zero-order valence-corrected chi connectivity index (χ0v) is 11.2. The molecule has 0 unspecified atom stereocenters. The van der Waals surface area contributed by atoms with Gasteiger partial charge in [0.05, 0.1) is 12.2 Å². The quantitative estimate of drug-likeness (QED) is 0.874. The second-order valence-corrected chi connectivity index (χ2v) is 5.18. The van der Waals surface area contributed by atoms with Gasteiger partial charge in [-0.3, -0.25) is 4.79 Å². The summed E-state index contributed by atoms with van der Waals surface area (Å²) in [6.07, 6.45) is 3.85. The Bertz CT molecular complexity index is 433. The molecule has 1 aromatic heterocycles. The van der Waals surface area contributed by atoms with Gasteiger partial charge in [0.1, 0.15) is 0 Å². The van der Waals surface area contributed by atoms with Crippen LogP contribution in [0.4, 0.5) is 11.5 Å². The van der Waals surface area contributed by atoms with Crippen LogP contribution < -0.4 is 16.0 Å². The first-order chi connectivity index (χ1) is 8.06. The standard InChI is InChI=1S/C11H15BrN4O/c1-16(6-10(17)15-8-2-3-8)11-9(13)4-7(12)5-14-11/h4-5,8H,2-3,6,13H2,1H3,(H,15,17). The number of carbonyl (C=O) groups is 1. The summed E-state index contributed by atoms with van der Waals surface area (Å²) in [5.41, 5.74) is 6.40. The van der Waals surface area contributed by atoms with Crippen molar-refractivity contribution in [1.29, 1.82) is 0 Å². The lowest BCUT2D eigenvalue weighted by Crippen LogP contribution is -2.36. The van der Waals surface area contributed by atoms with Crippen molar-refractivity contribution in [3.8, 4) is 0 Å². The number of nitrogens with one attached hydrogen (secondary N) is 1. The van der Waals surface area contributed by atoms with Crippen LogP contribution in [0.25, 0.3) is 0 Å². The van der Waals surface area contributed by atoms with Crippen LogP contribution in [0.5, 0.6) is 0 Å². The molecule has 5 nitrogen and oxygen atoms in total. The van der Waals surface area contributed by atoms with Gasteiger partial charge in [0.15, 0.2) is 5.82 Å². The monoisotopic (exact) mass is 298 g/mol. The van der Waals surface area contributed by atoms with E-state index in [2.05, 4.69) is 26.2 Å². The number of rotatable bonds is 4. The third-order valence-corrected chi connectivity index (χ3v) is 2.98. The number of nitrogen functional groups attached to an aromatic ring is 1. The molecule has 17 heavy (non-hydrogen) atoms. The summed E-state index contributed by atoms with van der Waals surface area (Å²) in [6, 6.07) is 2.16. The normalized spacial score (nSPS) is 14.5. The van der Waals surface area contributed by atoms with E-state index >= 15 is 0 Å². The van der Waals surface area contributed by atoms with Crippen LogP contribution in [0.15, 0.2) is 16.7 Å². The van der Waals surface area contributed by atoms with Crippen LogP contribution in [0.2, 0.25) is 0 Å². The molecule has 0 aromatic carbocycles. The minimum absolute atomic E-state index is 0.0131. The predicted molar refractivity (Wildman–Crippen MR) is 70.8 cm³/mol. The highest BCUT2D eigenvalue weighted by Gasteiger charge is 2.23. The number of hydrogen-bond acceptors (Lipinski definition) is 4. The van der Waals surface area contributed by atoms with Crippen molar-refractivity contribution in [1.82, 2.24) is 10.3 Å². The smallest absolute Gasteiger partial charge is 0.239 e. The minimum Gasteiger partial charge on any atom is -0.396 e. The lowest BCUT2D eigenvalue weighted by atomic mass is 10.3. The van der Waals surface area contributed by atoms with E-state index in [0.717, 1.165) is 17.3 Å². The molecule has 0 aliphatic heterocycles. The minimum atomic E-state index is 0.0131. The van der Waals surface area contributed by atoms with Crippen molar-refractivity contribution in [2.24, 2.45) is 0 Å². The van der Waals surface area contributed by atoms with Gasteiger partial charge >= 0.3 is 0 Å². The van der Waals surface area contributed by atoms with Crippen molar-refractivity contribution >= 4 is 33.3 Å². The van der Waals surface area contributed by atoms with Crippen molar-refractivity contribution in [2.45, 2.75) is 18.9 Å². The van der Waals surface area contributed by atoms with Crippen LogP contribution in [-0.2, 0) is 4.79 Å². The topological polar surface area (TPSA) is 71.2 Å². The number of carbonyl (C=O) groups excluding carboxylic acids is 1. The van der Waals surface area contributed by atoms with E-state index < -0.39 is 0 Å². The molecular weight excluding hydrogens is 284 g/mol. The Morgan fingerprint density at radius 3 is 3.00 bits per heavy atom. The third kappa shape index (κ3) is 3.33. The zero-order valence-electron chi connectivity index (χ0n) is 9.61. The second kappa shape index (κ2) is 4.91. The number of nitrogens with two attached hydrogens (primary N) is 1. The van der Waals surface area contributed by atoms with Crippen LogP contribution in [0.3, 0.4) is 0 Å². The molecule has 1 aliphatic carbocycles. The Kier molecular flexibility index (Phi) is 3.51. The van der Waals surface area contributed by atoms with Crippen molar-refractivity contribution in [3.05, 3.63) is 16.7 Å². The lowest BCUT2D eigenvalue weighted by Gasteiger charge is -2.19. The van der Waals surface area contributed by atoms with Gasteiger partial charge in [0.2, 0.25) is 5.91 Å². The van der Waals surface area contributed by atoms with Crippen molar-refractivity contribution in [3.63, 3.8) is 0 Å². The first kappa shape index (κ1) is 12.2. The highest BCUT2D eigenvalue weighted by atomic mass is 79.9. The maximum atomic E-state index is 11.6. The van der Waals surface area contributed by atoms with Crippen LogP contribution in [0, 0.1) is 0 Å². The molecule has 1 aromatic rings. The molecule has 2 rings (SSSR count). The molecular formula is C11H15BrN4O. The van der Waals surface area contributed by atoms with Gasteiger partial charge in [-0.2, -0.15) is 0 Å². The molecule has 0 radical (unpaired) electrons. The Morgan fingerprint density at radius 1 is 1.71 bits per heavy atom. The van der Waals surface area contributed by atoms with E-state index in [9.17, 15) is 4.79 Å². The fraction of sp³-hybridized carbons (Fsp3) is 0.455. The number of aromatic nitrogens is 1. The number of anilines is 2. The summed E-state index contributed by atoms with van der Waals surface area (Å²) in [4.78, 5) is 17.6. The van der Waals surface area contributed by atoms with Gasteiger partial charge in [-0.25, -0.2) is 4.98 Å². The highest BCUT2D eigenvalue weighted by molar-refractivity contribution is 9.10. The van der Waals surface area contributed by atoms with Gasteiger partial charge in [0.25, 0.3) is 0 Å². The molecule has 1 fully saturated rings. The Morgan fingerprint density at radius 2 is 2.41 bits per heavy atom. The number of hydrogen-bond donors (Lipinski definition) is 2. The lowest BCUT2D eigenvalue weighted by molar-refractivity contribution is -0.119. The molecule has 0 saturated heterocycles.